The number of carbonyl (C=O) groups excluding carboxylic acids is 1. The average molecular weight is 502 g/mol. The summed E-state index contributed by atoms with van der Waals surface area (Å²) in [6, 6.07) is 27.2. The first kappa shape index (κ1) is 24.1. The fourth-order valence-electron chi connectivity index (χ4n) is 6.43. The number of ketones is 1. The smallest absolute Gasteiger partial charge is 0.176 e. The van der Waals surface area contributed by atoms with Crippen LogP contribution in [0, 0.1) is 28.5 Å². The molecule has 6 rings (SSSR count). The Kier molecular flexibility index (Phi) is 5.47. The summed E-state index contributed by atoms with van der Waals surface area (Å²) < 4.78 is 17.1. The van der Waals surface area contributed by atoms with E-state index < -0.39 is 10.8 Å². The standard InChI is InChI=1S/C33H28FN3O/c1-21-30(38)24(20-35)19-33(3)31-27(17-18-32(21,33)2)29(26-11-7-8-12-28(26)34)37(36-31)25-15-13-23(14-16-25)22-9-5-4-6-10-22/h4-16,19,21H,17-18H2,1-3H3/t21-,32+,33-/m0/s1. The first-order chi connectivity index (χ1) is 18.3. The van der Waals surface area contributed by atoms with Crippen LogP contribution in [0.25, 0.3) is 28.1 Å². The van der Waals surface area contributed by atoms with Gasteiger partial charge in [-0.2, -0.15) is 10.4 Å². The number of nitrogens with zero attached hydrogens (tertiary/aromatic N) is 3. The lowest BCUT2D eigenvalue weighted by Crippen LogP contribution is -2.53. The van der Waals surface area contributed by atoms with E-state index in [2.05, 4.69) is 44.2 Å². The Morgan fingerprint density at radius 2 is 1.63 bits per heavy atom. The van der Waals surface area contributed by atoms with Crippen LogP contribution in [0.5, 0.6) is 0 Å². The highest BCUT2D eigenvalue weighted by Gasteiger charge is 2.58. The topological polar surface area (TPSA) is 58.7 Å². The van der Waals surface area contributed by atoms with Gasteiger partial charge in [0.25, 0.3) is 0 Å². The van der Waals surface area contributed by atoms with Crippen LogP contribution in [0.1, 0.15) is 38.4 Å². The highest BCUT2D eigenvalue weighted by Crippen LogP contribution is 2.59. The number of carbonyl (C=O) groups is 1. The third kappa shape index (κ3) is 3.33. The summed E-state index contributed by atoms with van der Waals surface area (Å²) in [5, 5.41) is 14.9. The molecule has 1 heterocycles. The predicted molar refractivity (Wildman–Crippen MR) is 146 cm³/mol. The van der Waals surface area contributed by atoms with Crippen molar-refractivity contribution in [3.63, 3.8) is 0 Å². The lowest BCUT2D eigenvalue weighted by Gasteiger charge is -2.53. The molecule has 188 valence electrons. The van der Waals surface area contributed by atoms with Crippen molar-refractivity contribution in [1.82, 2.24) is 9.78 Å². The molecule has 0 aliphatic heterocycles. The highest BCUT2D eigenvalue weighted by atomic mass is 19.1. The number of aromatic nitrogens is 2. The Labute approximate surface area is 222 Å². The molecule has 5 heteroatoms. The molecule has 2 aliphatic carbocycles. The first-order valence-electron chi connectivity index (χ1n) is 13.0. The lowest BCUT2D eigenvalue weighted by atomic mass is 9.49. The van der Waals surface area contributed by atoms with Gasteiger partial charge in [0.2, 0.25) is 0 Å². The molecule has 0 radical (unpaired) electrons. The van der Waals surface area contributed by atoms with E-state index in [4.69, 9.17) is 5.10 Å². The monoisotopic (exact) mass is 501 g/mol. The van der Waals surface area contributed by atoms with E-state index in [1.807, 2.05) is 54.1 Å². The van der Waals surface area contributed by atoms with Gasteiger partial charge in [-0.05, 0) is 60.6 Å². The molecule has 0 spiro atoms. The Bertz CT molecular complexity index is 1640. The maximum atomic E-state index is 15.3. The summed E-state index contributed by atoms with van der Waals surface area (Å²) in [4.78, 5) is 13.0. The Morgan fingerprint density at radius 3 is 2.32 bits per heavy atom. The zero-order chi connectivity index (χ0) is 26.7. The second-order valence-electron chi connectivity index (χ2n) is 10.9. The highest BCUT2D eigenvalue weighted by molar-refractivity contribution is 6.02. The molecule has 0 saturated carbocycles. The predicted octanol–water partition coefficient (Wildman–Crippen LogP) is 7.22. The SMILES string of the molecule is C[C@H]1C(=O)C(C#N)=C[C@@]2(C)c3nn(-c4ccc(-c5ccccc5)cc4)c(-c4ccccc4F)c3CC[C@]12C. The molecule has 1 aromatic heterocycles. The van der Waals surface area contributed by atoms with Crippen LogP contribution in [0.3, 0.4) is 0 Å². The van der Waals surface area contributed by atoms with Crippen LogP contribution in [-0.2, 0) is 16.6 Å². The summed E-state index contributed by atoms with van der Waals surface area (Å²) in [6.07, 6.45) is 3.22. The summed E-state index contributed by atoms with van der Waals surface area (Å²) in [7, 11) is 0. The quantitative estimate of drug-likeness (QED) is 0.298. The minimum absolute atomic E-state index is 0.110. The Hall–Kier alpha value is -4.30. The number of nitriles is 1. The third-order valence-electron chi connectivity index (χ3n) is 9.07. The van der Waals surface area contributed by atoms with Crippen molar-refractivity contribution in [1.29, 1.82) is 5.26 Å². The zero-order valence-corrected chi connectivity index (χ0v) is 21.7. The second-order valence-corrected chi connectivity index (χ2v) is 10.9. The van der Waals surface area contributed by atoms with Gasteiger partial charge in [-0.1, -0.05) is 74.5 Å². The van der Waals surface area contributed by atoms with Gasteiger partial charge >= 0.3 is 0 Å². The van der Waals surface area contributed by atoms with Crippen molar-refractivity contribution >= 4 is 5.78 Å². The molecular formula is C33H28FN3O. The number of benzene rings is 3. The zero-order valence-electron chi connectivity index (χ0n) is 21.7. The molecule has 3 atom stereocenters. The number of fused-ring (bicyclic) bond motifs is 3. The molecule has 0 unspecified atom stereocenters. The molecular weight excluding hydrogens is 473 g/mol. The maximum absolute atomic E-state index is 15.3. The molecule has 0 N–H and O–H groups in total. The van der Waals surface area contributed by atoms with E-state index in [1.165, 1.54) is 6.07 Å². The van der Waals surface area contributed by atoms with E-state index >= 15 is 4.39 Å². The van der Waals surface area contributed by atoms with E-state index in [1.54, 1.807) is 12.1 Å². The van der Waals surface area contributed by atoms with Crippen LogP contribution >= 0.6 is 0 Å². The van der Waals surface area contributed by atoms with Crippen molar-refractivity contribution in [3.8, 4) is 34.1 Å². The molecule has 0 saturated heterocycles. The number of Topliss-reactive ketones (excluding diaryl/α,β-unsaturated/α-hetero) is 1. The summed E-state index contributed by atoms with van der Waals surface area (Å²) >= 11 is 0. The van der Waals surface area contributed by atoms with Crippen molar-refractivity contribution in [2.75, 3.05) is 0 Å². The molecule has 2 aliphatic rings. The number of hydrogen-bond donors (Lipinski definition) is 0. The average Bonchev–Trinajstić information content (AvgIpc) is 3.34. The fourth-order valence-corrected chi connectivity index (χ4v) is 6.43. The van der Waals surface area contributed by atoms with Gasteiger partial charge in [-0.15, -0.1) is 0 Å². The van der Waals surface area contributed by atoms with Crippen LogP contribution in [0.15, 0.2) is 90.5 Å². The van der Waals surface area contributed by atoms with Gasteiger partial charge in [0.15, 0.2) is 5.78 Å². The largest absolute Gasteiger partial charge is 0.293 e. The van der Waals surface area contributed by atoms with Gasteiger partial charge in [0.1, 0.15) is 11.9 Å². The summed E-state index contributed by atoms with van der Waals surface area (Å²) in [6.45, 7) is 6.12. The number of halogens is 1. The summed E-state index contributed by atoms with van der Waals surface area (Å²) in [5.74, 6) is -0.745. The normalized spacial score (nSPS) is 24.2. The Morgan fingerprint density at radius 1 is 0.974 bits per heavy atom. The van der Waals surface area contributed by atoms with Crippen molar-refractivity contribution < 1.29 is 9.18 Å². The molecule has 0 fully saturated rings. The molecule has 0 bridgehead atoms. The first-order valence-corrected chi connectivity index (χ1v) is 13.0. The molecule has 3 aromatic carbocycles. The minimum atomic E-state index is -0.659. The summed E-state index contributed by atoms with van der Waals surface area (Å²) in [5.41, 5.74) is 5.13. The van der Waals surface area contributed by atoms with Crippen LogP contribution in [0.4, 0.5) is 4.39 Å². The van der Waals surface area contributed by atoms with Gasteiger partial charge in [-0.25, -0.2) is 9.07 Å². The van der Waals surface area contributed by atoms with Crippen LogP contribution in [-0.4, -0.2) is 15.6 Å². The number of allylic oxidation sites excluding steroid dienone is 2. The molecule has 0 amide bonds. The van der Waals surface area contributed by atoms with Gasteiger partial charge in [0, 0.05) is 22.5 Å². The van der Waals surface area contributed by atoms with Crippen molar-refractivity contribution in [2.24, 2.45) is 11.3 Å². The lowest BCUT2D eigenvalue weighted by molar-refractivity contribution is -0.125. The minimum Gasteiger partial charge on any atom is -0.293 e. The van der Waals surface area contributed by atoms with Crippen molar-refractivity contribution in [3.05, 3.63) is 108 Å². The van der Waals surface area contributed by atoms with Crippen molar-refractivity contribution in [2.45, 2.75) is 39.0 Å². The van der Waals surface area contributed by atoms with Crippen LogP contribution < -0.4 is 0 Å². The molecule has 38 heavy (non-hydrogen) atoms. The number of rotatable bonds is 3. The van der Waals surface area contributed by atoms with E-state index in [0.717, 1.165) is 40.2 Å². The fraction of sp³-hybridized carbons (Fsp3) is 0.242. The van der Waals surface area contributed by atoms with E-state index in [-0.39, 0.29) is 23.1 Å². The maximum Gasteiger partial charge on any atom is 0.176 e. The third-order valence-corrected chi connectivity index (χ3v) is 9.07. The molecule has 4 aromatic rings. The van der Waals surface area contributed by atoms with Crippen LogP contribution in [0.2, 0.25) is 0 Å². The van der Waals surface area contributed by atoms with Gasteiger partial charge < -0.3 is 0 Å². The second kappa shape index (κ2) is 8.63. The molecule has 4 nitrogen and oxygen atoms in total. The van der Waals surface area contributed by atoms with Gasteiger partial charge in [0.05, 0.1) is 22.6 Å². The van der Waals surface area contributed by atoms with E-state index in [0.29, 0.717) is 12.0 Å². The van der Waals surface area contributed by atoms with Gasteiger partial charge in [-0.3, -0.25) is 4.79 Å². The number of hydrogen-bond acceptors (Lipinski definition) is 3. The van der Waals surface area contributed by atoms with E-state index in [9.17, 15) is 10.1 Å². The Balaban J connectivity index is 1.60.